The zero-order valence-electron chi connectivity index (χ0n) is 28.4. The molecule has 0 unspecified atom stereocenters. The maximum Gasteiger partial charge on any atom is 2.00 e. The van der Waals surface area contributed by atoms with Crippen LogP contribution in [-0.2, 0) is 20.2 Å². The second-order valence-electron chi connectivity index (χ2n) is 11.5. The van der Waals surface area contributed by atoms with E-state index in [0.717, 1.165) is 12.1 Å². The van der Waals surface area contributed by atoms with Gasteiger partial charge in [0, 0.05) is 35.0 Å². The Morgan fingerprint density at radius 3 is 1.24 bits per heavy atom. The van der Waals surface area contributed by atoms with Crippen LogP contribution < -0.4 is 0 Å². The summed E-state index contributed by atoms with van der Waals surface area (Å²) in [5.41, 5.74) is 0.619. The molecule has 0 saturated heterocycles. The minimum atomic E-state index is -4.83. The van der Waals surface area contributed by atoms with Crippen LogP contribution in [0.2, 0.25) is 0 Å². The maximum atomic E-state index is 11.6. The van der Waals surface area contributed by atoms with Crippen molar-refractivity contribution in [2.75, 3.05) is 0 Å². The third-order valence-electron chi connectivity index (χ3n) is 7.50. The molecule has 55 heavy (non-hydrogen) atoms. The number of nitro benzene ring substituents is 2. The van der Waals surface area contributed by atoms with Gasteiger partial charge in [0.25, 0.3) is 11.4 Å². The smallest absolute Gasteiger partial charge is 0.744 e. The molecular weight excluding hydrogens is 886 g/mol. The van der Waals surface area contributed by atoms with E-state index in [9.17, 15) is 56.4 Å². The second-order valence-corrected chi connectivity index (χ2v) is 14.1. The molecule has 0 heterocycles. The Morgan fingerprint density at radius 2 is 0.909 bits per heavy atom. The average Bonchev–Trinajstić information content (AvgIpc) is 3.09. The van der Waals surface area contributed by atoms with E-state index in [-0.39, 0.29) is 105 Å². The predicted molar refractivity (Wildman–Crippen MR) is 197 cm³/mol. The summed E-state index contributed by atoms with van der Waals surface area (Å²) in [6.45, 7) is 3.28. The molecule has 0 aromatic heterocycles. The average molecular weight is 910 g/mol. The van der Waals surface area contributed by atoms with E-state index in [2.05, 4.69) is 20.5 Å². The molecule has 0 atom stereocenters. The van der Waals surface area contributed by atoms with Crippen molar-refractivity contribution in [2.24, 2.45) is 20.5 Å². The second kappa shape index (κ2) is 17.1. The molecule has 276 valence electrons. The molecule has 0 saturated carbocycles. The predicted octanol–water partition coefficient (Wildman–Crippen LogP) is 7.78. The van der Waals surface area contributed by atoms with Gasteiger partial charge >= 0.3 is 48.9 Å². The van der Waals surface area contributed by atoms with Gasteiger partial charge in [0.1, 0.15) is 43.1 Å². The molecule has 0 amide bonds. The number of hydrogen-bond donors (Lipinski definition) is 2. The van der Waals surface area contributed by atoms with Crippen LogP contribution in [0, 0.1) is 34.1 Å². The van der Waals surface area contributed by atoms with Gasteiger partial charge in [-0.1, -0.05) is 36.4 Å². The van der Waals surface area contributed by atoms with E-state index >= 15 is 0 Å². The molecular formula is C34H24BaN6O12S2. The van der Waals surface area contributed by atoms with Gasteiger partial charge in [-0.05, 0) is 72.1 Å². The summed E-state index contributed by atoms with van der Waals surface area (Å²) >= 11 is 0. The van der Waals surface area contributed by atoms with Crippen molar-refractivity contribution in [3.63, 3.8) is 0 Å². The van der Waals surface area contributed by atoms with Crippen LogP contribution in [-0.4, -0.2) is 94.9 Å². The van der Waals surface area contributed by atoms with Crippen molar-refractivity contribution in [3.05, 3.63) is 128 Å². The third kappa shape index (κ3) is 10.1. The molecule has 0 bridgehead atoms. The molecule has 0 aliphatic carbocycles. The third-order valence-corrected chi connectivity index (χ3v) is 9.26. The first kappa shape index (κ1) is 42.6. The quantitative estimate of drug-likeness (QED) is 0.0486. The molecule has 18 nitrogen and oxygen atoms in total. The minimum absolute atomic E-state index is 0. The number of hydrogen-bond acceptors (Lipinski definition) is 16. The summed E-state index contributed by atoms with van der Waals surface area (Å²) in [4.78, 5) is 19.7. The van der Waals surface area contributed by atoms with Crippen molar-refractivity contribution in [2.45, 2.75) is 23.6 Å². The Morgan fingerprint density at radius 1 is 0.545 bits per heavy atom. The van der Waals surface area contributed by atoms with Gasteiger partial charge in [0.2, 0.25) is 0 Å². The van der Waals surface area contributed by atoms with E-state index in [1.165, 1.54) is 72.8 Å². The number of benzene rings is 6. The summed E-state index contributed by atoms with van der Waals surface area (Å²) in [5.74, 6) is -0.769. The Bertz CT molecular complexity index is 2610. The molecule has 6 rings (SSSR count). The first-order chi connectivity index (χ1) is 25.3. The van der Waals surface area contributed by atoms with Crippen LogP contribution >= 0.6 is 0 Å². The number of azo groups is 2. The largest absolute Gasteiger partial charge is 2.00 e. The van der Waals surface area contributed by atoms with E-state index < -0.39 is 39.9 Å². The maximum absolute atomic E-state index is 11.6. The molecule has 6 aromatic carbocycles. The first-order valence-electron chi connectivity index (χ1n) is 15.1. The zero-order valence-corrected chi connectivity index (χ0v) is 34.5. The van der Waals surface area contributed by atoms with Crippen LogP contribution in [0.5, 0.6) is 11.5 Å². The molecule has 6 aromatic rings. The molecule has 21 heteroatoms. The normalized spacial score (nSPS) is 11.7. The van der Waals surface area contributed by atoms with Crippen LogP contribution in [0.25, 0.3) is 21.5 Å². The fourth-order valence-corrected chi connectivity index (χ4v) is 6.70. The van der Waals surface area contributed by atoms with Gasteiger partial charge in [0.15, 0.2) is 0 Å². The number of nitrogens with zero attached hydrogens (tertiary/aromatic N) is 6. The van der Waals surface area contributed by atoms with Crippen molar-refractivity contribution >= 4 is 125 Å². The summed E-state index contributed by atoms with van der Waals surface area (Å²) in [6, 6.07) is 21.7. The number of non-ortho nitro benzene ring substituents is 2. The van der Waals surface area contributed by atoms with E-state index in [4.69, 9.17) is 0 Å². The molecule has 0 fully saturated rings. The summed E-state index contributed by atoms with van der Waals surface area (Å²) < 4.78 is 69.4. The van der Waals surface area contributed by atoms with Crippen LogP contribution in [0.3, 0.4) is 0 Å². The van der Waals surface area contributed by atoms with Gasteiger partial charge < -0.3 is 19.3 Å². The molecule has 0 radical (unpaired) electrons. The van der Waals surface area contributed by atoms with Gasteiger partial charge in [-0.3, -0.25) is 20.2 Å². The van der Waals surface area contributed by atoms with Gasteiger partial charge in [0.05, 0.1) is 31.0 Å². The Kier molecular flexibility index (Phi) is 13.2. The molecule has 0 spiro atoms. The number of phenolic OH excluding ortho intramolecular Hbond substituents is 2. The molecule has 0 aliphatic heterocycles. The summed E-state index contributed by atoms with van der Waals surface area (Å²) in [7, 11) is -9.66. The Labute approximate surface area is 351 Å². The number of phenols is 2. The molecule has 2 N–H and O–H groups in total. The number of fused-ring (bicyclic) bond motifs is 2. The minimum Gasteiger partial charge on any atom is -0.744 e. The monoisotopic (exact) mass is 910 g/mol. The van der Waals surface area contributed by atoms with Crippen molar-refractivity contribution < 1.29 is 46.0 Å². The summed E-state index contributed by atoms with van der Waals surface area (Å²) in [6.07, 6.45) is 0. The van der Waals surface area contributed by atoms with Crippen LogP contribution in [0.15, 0.2) is 127 Å². The van der Waals surface area contributed by atoms with Gasteiger partial charge in [-0.25, -0.2) is 16.8 Å². The fraction of sp³-hybridized carbons (Fsp3) is 0.0588. The van der Waals surface area contributed by atoms with Crippen molar-refractivity contribution in [3.8, 4) is 11.5 Å². The number of nitro groups is 2. The van der Waals surface area contributed by atoms with Gasteiger partial charge in [-0.2, -0.15) is 10.2 Å². The number of aryl methyl sites for hydroxylation is 2. The van der Waals surface area contributed by atoms with E-state index in [0.29, 0.717) is 21.9 Å². The van der Waals surface area contributed by atoms with Crippen molar-refractivity contribution in [1.29, 1.82) is 0 Å². The molecule has 0 aliphatic rings. The SMILES string of the molecule is Cc1cc(N=Nc2c(O)ccc3cccc(S(=O)(=O)[O-])c23)cc([N+](=O)[O-])c1.Cc1cc(N=Nc2c(O)ccc3cccc(S(=O)(=O)[O-])c23)cc([N+](=O)[O-])c1.[Ba+2]. The fourth-order valence-electron chi connectivity index (χ4n) is 5.28. The Hall–Kier alpha value is -5.17. The number of aromatic hydroxyl groups is 2. The van der Waals surface area contributed by atoms with Crippen molar-refractivity contribution in [1.82, 2.24) is 0 Å². The first-order valence-corrected chi connectivity index (χ1v) is 17.9. The summed E-state index contributed by atoms with van der Waals surface area (Å²) in [5, 5.41) is 58.2. The zero-order chi connectivity index (χ0) is 39.5. The Balaban J connectivity index is 0.000000240. The van der Waals surface area contributed by atoms with Crippen LogP contribution in [0.1, 0.15) is 11.1 Å². The van der Waals surface area contributed by atoms with E-state index in [1.54, 1.807) is 26.0 Å². The van der Waals surface area contributed by atoms with E-state index in [1.807, 2.05) is 0 Å². The standard InChI is InChI=1S/2C17H13N3O6S.Ba/c2*1-10-7-12(9-13(8-10)20(22)23)18-19-17-14(21)6-5-11-3-2-4-15(16(11)17)27(24,25)26;/h2*2-9,21H,1H3,(H,24,25,26);/q;;+2/p-2. The number of rotatable bonds is 8. The van der Waals surface area contributed by atoms with Crippen LogP contribution in [0.4, 0.5) is 34.1 Å². The topological polar surface area (TPSA) is 291 Å². The van der Waals surface area contributed by atoms with Gasteiger partial charge in [-0.15, -0.1) is 10.2 Å².